The molecule has 2 aromatic rings. The van der Waals surface area contributed by atoms with Gasteiger partial charge in [0, 0.05) is 11.8 Å². The number of benzene rings is 1. The average molecular weight is 414 g/mol. The van der Waals surface area contributed by atoms with Crippen molar-refractivity contribution in [3.63, 3.8) is 0 Å². The first kappa shape index (κ1) is 23.1. The van der Waals surface area contributed by atoms with Crippen LogP contribution in [0.4, 0.5) is 11.5 Å². The SMILES string of the molecule is Cc1cc(N(O[Si](C)(C)C(C)(C)C)C(C)(C)C)ccc1C(=O)Nc1ccccn1. The second kappa shape index (κ2) is 8.28. The third kappa shape index (κ3) is 5.67. The fourth-order valence-electron chi connectivity index (χ4n) is 2.59. The number of aromatic nitrogens is 1. The van der Waals surface area contributed by atoms with Gasteiger partial charge in [-0.3, -0.25) is 9.86 Å². The summed E-state index contributed by atoms with van der Waals surface area (Å²) in [5.74, 6) is 0.374. The maximum absolute atomic E-state index is 12.7. The number of hydroxylamine groups is 1. The summed E-state index contributed by atoms with van der Waals surface area (Å²) in [4.78, 5) is 16.8. The van der Waals surface area contributed by atoms with E-state index >= 15 is 0 Å². The van der Waals surface area contributed by atoms with E-state index in [9.17, 15) is 4.79 Å². The van der Waals surface area contributed by atoms with E-state index in [2.05, 4.69) is 64.9 Å². The molecule has 29 heavy (non-hydrogen) atoms. The number of rotatable bonds is 5. The van der Waals surface area contributed by atoms with Crippen molar-refractivity contribution in [3.8, 4) is 0 Å². The van der Waals surface area contributed by atoms with Gasteiger partial charge in [-0.25, -0.2) is 4.98 Å². The number of carbonyl (C=O) groups excluding carboxylic acids is 1. The molecule has 6 heteroatoms. The molecule has 158 valence electrons. The molecule has 1 aromatic heterocycles. The molecule has 0 unspecified atom stereocenters. The van der Waals surface area contributed by atoms with Gasteiger partial charge in [-0.2, -0.15) is 0 Å². The molecule has 0 saturated heterocycles. The van der Waals surface area contributed by atoms with Gasteiger partial charge in [-0.05, 0) is 81.7 Å². The van der Waals surface area contributed by atoms with Gasteiger partial charge in [-0.1, -0.05) is 26.8 Å². The number of hydrogen-bond donors (Lipinski definition) is 1. The van der Waals surface area contributed by atoms with Crippen LogP contribution < -0.4 is 10.4 Å². The van der Waals surface area contributed by atoms with E-state index < -0.39 is 8.32 Å². The second-order valence-electron chi connectivity index (χ2n) is 9.99. The summed E-state index contributed by atoms with van der Waals surface area (Å²) >= 11 is 0. The summed E-state index contributed by atoms with van der Waals surface area (Å²) in [6.45, 7) is 19.5. The zero-order chi connectivity index (χ0) is 22.0. The molecule has 1 aromatic carbocycles. The largest absolute Gasteiger partial charge is 0.319 e. The molecule has 5 nitrogen and oxygen atoms in total. The monoisotopic (exact) mass is 413 g/mol. The van der Waals surface area contributed by atoms with Crippen LogP contribution in [0.1, 0.15) is 57.5 Å². The van der Waals surface area contributed by atoms with Crippen LogP contribution >= 0.6 is 0 Å². The zero-order valence-corrected chi connectivity index (χ0v) is 20.3. The van der Waals surface area contributed by atoms with Crippen LogP contribution in [0.15, 0.2) is 42.6 Å². The van der Waals surface area contributed by atoms with E-state index in [1.54, 1.807) is 12.3 Å². The molecule has 2 rings (SSSR count). The van der Waals surface area contributed by atoms with E-state index in [-0.39, 0.29) is 16.5 Å². The third-order valence-corrected chi connectivity index (χ3v) is 9.58. The van der Waals surface area contributed by atoms with Crippen molar-refractivity contribution in [1.82, 2.24) is 4.98 Å². The number of pyridine rings is 1. The van der Waals surface area contributed by atoms with Gasteiger partial charge >= 0.3 is 0 Å². The number of hydrogen-bond acceptors (Lipinski definition) is 4. The fourth-order valence-corrected chi connectivity index (χ4v) is 3.70. The second-order valence-corrected chi connectivity index (χ2v) is 14.7. The molecule has 0 spiro atoms. The van der Waals surface area contributed by atoms with Crippen molar-refractivity contribution < 1.29 is 9.32 Å². The molecular weight excluding hydrogens is 378 g/mol. The minimum atomic E-state index is -2.03. The Morgan fingerprint density at radius 1 is 1.07 bits per heavy atom. The van der Waals surface area contributed by atoms with E-state index in [1.807, 2.05) is 42.3 Å². The Morgan fingerprint density at radius 3 is 2.21 bits per heavy atom. The summed E-state index contributed by atoms with van der Waals surface area (Å²) < 4.78 is 6.67. The van der Waals surface area contributed by atoms with Crippen LogP contribution in [0.25, 0.3) is 0 Å². The Kier molecular flexibility index (Phi) is 6.60. The standard InChI is InChI=1S/C23H35N3O2Si/c1-17-16-18(26(22(2,3)4)28-29(8,9)23(5,6)7)13-14-19(17)21(27)25-20-12-10-11-15-24-20/h10-16H,1-9H3,(H,24,25,27). The highest BCUT2D eigenvalue weighted by Gasteiger charge is 2.42. The molecule has 0 aliphatic rings. The summed E-state index contributed by atoms with van der Waals surface area (Å²) in [6.07, 6.45) is 1.66. The summed E-state index contributed by atoms with van der Waals surface area (Å²) in [6, 6.07) is 11.3. The molecule has 0 fully saturated rings. The van der Waals surface area contributed by atoms with Gasteiger partial charge in [0.2, 0.25) is 8.32 Å². The fraction of sp³-hybridized carbons (Fsp3) is 0.478. The highest BCUT2D eigenvalue weighted by molar-refractivity contribution is 6.74. The van der Waals surface area contributed by atoms with Gasteiger partial charge in [0.15, 0.2) is 0 Å². The molecular formula is C23H35N3O2Si. The van der Waals surface area contributed by atoms with Crippen LogP contribution in [0, 0.1) is 6.92 Å². The predicted molar refractivity (Wildman–Crippen MR) is 124 cm³/mol. The number of amides is 1. The molecule has 1 amide bonds. The van der Waals surface area contributed by atoms with E-state index in [0.717, 1.165) is 11.3 Å². The zero-order valence-electron chi connectivity index (χ0n) is 19.3. The lowest BCUT2D eigenvalue weighted by molar-refractivity contribution is 0.102. The third-order valence-electron chi connectivity index (χ3n) is 5.33. The van der Waals surface area contributed by atoms with Gasteiger partial charge in [-0.15, -0.1) is 0 Å². The smallest absolute Gasteiger partial charge is 0.257 e. The van der Waals surface area contributed by atoms with Crippen LogP contribution in [0.3, 0.4) is 0 Å². The quantitative estimate of drug-likeness (QED) is 0.469. The molecule has 1 heterocycles. The van der Waals surface area contributed by atoms with Crippen LogP contribution in [0.5, 0.6) is 0 Å². The molecule has 0 aliphatic carbocycles. The normalized spacial score (nSPS) is 12.6. The van der Waals surface area contributed by atoms with E-state index in [4.69, 9.17) is 4.53 Å². The molecule has 0 saturated carbocycles. The molecule has 0 bridgehead atoms. The highest BCUT2D eigenvalue weighted by Crippen LogP contribution is 2.39. The average Bonchev–Trinajstić information content (AvgIpc) is 2.58. The molecule has 1 N–H and O–H groups in total. The van der Waals surface area contributed by atoms with E-state index in [0.29, 0.717) is 11.4 Å². The number of carbonyl (C=O) groups is 1. The lowest BCUT2D eigenvalue weighted by atomic mass is 10.0. The van der Waals surface area contributed by atoms with Crippen LogP contribution in [-0.2, 0) is 4.53 Å². The molecule has 0 aliphatic heterocycles. The Balaban J connectivity index is 2.32. The van der Waals surface area contributed by atoms with Crippen molar-refractivity contribution in [2.24, 2.45) is 0 Å². The topological polar surface area (TPSA) is 54.5 Å². The molecule has 0 atom stereocenters. The van der Waals surface area contributed by atoms with Gasteiger partial charge in [0.05, 0.1) is 11.2 Å². The Morgan fingerprint density at radius 2 is 1.72 bits per heavy atom. The van der Waals surface area contributed by atoms with Crippen molar-refractivity contribution in [2.45, 2.75) is 72.1 Å². The number of anilines is 2. The Labute approximate surface area is 176 Å². The minimum absolute atomic E-state index is 0.0913. The number of nitrogens with zero attached hydrogens (tertiary/aromatic N) is 2. The summed E-state index contributed by atoms with van der Waals surface area (Å²) in [7, 11) is -2.03. The van der Waals surface area contributed by atoms with E-state index in [1.165, 1.54) is 0 Å². The Hall–Kier alpha value is -2.18. The lowest BCUT2D eigenvalue weighted by Gasteiger charge is -2.45. The first-order valence-electron chi connectivity index (χ1n) is 10.0. The van der Waals surface area contributed by atoms with Crippen LogP contribution in [0.2, 0.25) is 18.1 Å². The van der Waals surface area contributed by atoms with Gasteiger partial charge < -0.3 is 9.84 Å². The molecule has 0 radical (unpaired) electrons. The van der Waals surface area contributed by atoms with Crippen LogP contribution in [-0.4, -0.2) is 24.7 Å². The van der Waals surface area contributed by atoms with Crippen molar-refractivity contribution in [1.29, 1.82) is 0 Å². The number of nitrogens with one attached hydrogen (secondary N) is 1. The van der Waals surface area contributed by atoms with Gasteiger partial charge in [0.25, 0.3) is 5.91 Å². The first-order valence-corrected chi connectivity index (χ1v) is 13.0. The number of aryl methyl sites for hydroxylation is 1. The summed E-state index contributed by atoms with van der Waals surface area (Å²) in [5, 5.41) is 4.95. The highest BCUT2D eigenvalue weighted by atomic mass is 28.4. The van der Waals surface area contributed by atoms with Crippen molar-refractivity contribution in [2.75, 3.05) is 10.4 Å². The van der Waals surface area contributed by atoms with Crippen molar-refractivity contribution in [3.05, 3.63) is 53.7 Å². The predicted octanol–water partition coefficient (Wildman–Crippen LogP) is 6.18. The minimum Gasteiger partial charge on any atom is -0.319 e. The summed E-state index contributed by atoms with van der Waals surface area (Å²) in [5.41, 5.74) is 2.25. The maximum atomic E-state index is 12.7. The maximum Gasteiger partial charge on any atom is 0.257 e. The first-order chi connectivity index (χ1) is 13.2. The van der Waals surface area contributed by atoms with Crippen molar-refractivity contribution >= 4 is 25.7 Å². The Bertz CT molecular complexity index is 853. The lowest BCUT2D eigenvalue weighted by Crippen LogP contribution is -2.52. The van der Waals surface area contributed by atoms with Gasteiger partial charge in [0.1, 0.15) is 5.82 Å².